The summed E-state index contributed by atoms with van der Waals surface area (Å²) in [5.41, 5.74) is 4.59. The van der Waals surface area contributed by atoms with Gasteiger partial charge in [0.15, 0.2) is 0 Å². The van der Waals surface area contributed by atoms with E-state index in [2.05, 4.69) is 31.5 Å². The summed E-state index contributed by atoms with van der Waals surface area (Å²) >= 11 is 0. The standard InChI is InChI=1S/C42H44N8O7/c1-25-18-32(6-2-26(25)12-13-43)57-31-7-4-30(5-8-31)45-39(53)27-3-10-36(44-21-27)48-16-14-47(15-17-48)24-38(52)49-22-28-19-33-34(20-29(28)23-49)42(56)50(41(33)55)35-9-11-37(51)46-40(35)54/h2-3,6,10,18-21,30-31,35H,4-5,7-9,11-12,14-17,22-24H2,1H3,(H,45,53)(H,46,51,54). The highest BCUT2D eigenvalue weighted by Gasteiger charge is 2.45. The topological polar surface area (TPSA) is 185 Å². The lowest BCUT2D eigenvalue weighted by Gasteiger charge is -2.35. The normalized spacial score (nSPS) is 22.2. The summed E-state index contributed by atoms with van der Waals surface area (Å²) in [5.74, 6) is -0.802. The van der Waals surface area contributed by atoms with Gasteiger partial charge in [-0.05, 0) is 97.7 Å². The van der Waals surface area contributed by atoms with E-state index in [1.807, 2.05) is 31.2 Å². The van der Waals surface area contributed by atoms with Crippen LogP contribution in [0.2, 0.25) is 0 Å². The van der Waals surface area contributed by atoms with E-state index in [-0.39, 0.29) is 54.5 Å². The molecule has 15 heteroatoms. The van der Waals surface area contributed by atoms with Crippen molar-refractivity contribution in [2.75, 3.05) is 37.6 Å². The average molecular weight is 773 g/mol. The van der Waals surface area contributed by atoms with Crippen LogP contribution in [0, 0.1) is 18.3 Å². The van der Waals surface area contributed by atoms with E-state index in [0.717, 1.165) is 64.4 Å². The highest BCUT2D eigenvalue weighted by atomic mass is 16.5. The van der Waals surface area contributed by atoms with Gasteiger partial charge < -0.3 is 19.9 Å². The molecule has 1 aromatic heterocycles. The summed E-state index contributed by atoms with van der Waals surface area (Å²) in [7, 11) is 0. The van der Waals surface area contributed by atoms with Crippen molar-refractivity contribution in [3.8, 4) is 11.8 Å². The molecule has 6 amide bonds. The van der Waals surface area contributed by atoms with E-state index in [1.165, 1.54) is 0 Å². The molecule has 0 spiro atoms. The number of piperazine rings is 1. The van der Waals surface area contributed by atoms with Crippen molar-refractivity contribution < 1.29 is 33.5 Å². The molecule has 0 bridgehead atoms. The van der Waals surface area contributed by atoms with Crippen LogP contribution in [-0.2, 0) is 33.9 Å². The molecule has 294 valence electrons. The summed E-state index contributed by atoms with van der Waals surface area (Å²) in [6.45, 7) is 5.51. The van der Waals surface area contributed by atoms with Gasteiger partial charge in [-0.2, -0.15) is 5.26 Å². The Morgan fingerprint density at radius 3 is 2.23 bits per heavy atom. The molecule has 1 aliphatic carbocycles. The second kappa shape index (κ2) is 15.8. The fourth-order valence-corrected chi connectivity index (χ4v) is 8.49. The molecule has 1 atom stereocenters. The van der Waals surface area contributed by atoms with E-state index in [4.69, 9.17) is 10.00 Å². The van der Waals surface area contributed by atoms with Crippen LogP contribution in [0.5, 0.6) is 5.75 Å². The number of nitriles is 1. The number of benzene rings is 2. The molecule has 4 aliphatic heterocycles. The van der Waals surface area contributed by atoms with Gasteiger partial charge in [-0.25, -0.2) is 4.98 Å². The lowest BCUT2D eigenvalue weighted by atomic mass is 9.92. The molecule has 5 heterocycles. The van der Waals surface area contributed by atoms with Crippen LogP contribution in [-0.4, -0.2) is 106 Å². The summed E-state index contributed by atoms with van der Waals surface area (Å²) < 4.78 is 6.21. The lowest BCUT2D eigenvalue weighted by Crippen LogP contribution is -2.54. The maximum Gasteiger partial charge on any atom is 0.262 e. The first kappa shape index (κ1) is 37.8. The second-order valence-electron chi connectivity index (χ2n) is 15.5. The first-order valence-corrected chi connectivity index (χ1v) is 19.6. The van der Waals surface area contributed by atoms with Crippen molar-refractivity contribution in [2.45, 2.75) is 83.1 Å². The molecule has 8 rings (SSSR count). The van der Waals surface area contributed by atoms with Crippen LogP contribution in [0.15, 0.2) is 48.7 Å². The van der Waals surface area contributed by atoms with Crippen molar-refractivity contribution in [3.05, 3.63) is 87.6 Å². The third-order valence-corrected chi connectivity index (χ3v) is 11.8. The Kier molecular flexibility index (Phi) is 10.5. The van der Waals surface area contributed by atoms with Gasteiger partial charge in [-0.3, -0.25) is 43.9 Å². The zero-order valence-corrected chi connectivity index (χ0v) is 31.8. The number of aryl methyl sites for hydroxylation is 1. The monoisotopic (exact) mass is 772 g/mol. The van der Waals surface area contributed by atoms with Gasteiger partial charge in [0.2, 0.25) is 17.7 Å². The Labute approximate surface area is 329 Å². The minimum absolute atomic E-state index is 0.0465. The van der Waals surface area contributed by atoms with Gasteiger partial charge in [0, 0.05) is 57.9 Å². The average Bonchev–Trinajstić information content (AvgIpc) is 3.73. The zero-order chi connectivity index (χ0) is 39.8. The number of ether oxygens (including phenoxy) is 1. The van der Waals surface area contributed by atoms with E-state index >= 15 is 0 Å². The molecule has 5 aliphatic rings. The number of rotatable bonds is 9. The van der Waals surface area contributed by atoms with Crippen LogP contribution in [0.4, 0.5) is 5.82 Å². The number of amides is 6. The largest absolute Gasteiger partial charge is 0.490 e. The van der Waals surface area contributed by atoms with Crippen LogP contribution in [0.25, 0.3) is 0 Å². The second-order valence-corrected chi connectivity index (χ2v) is 15.5. The van der Waals surface area contributed by atoms with E-state index < -0.39 is 29.7 Å². The van der Waals surface area contributed by atoms with E-state index in [9.17, 15) is 28.8 Å². The molecule has 2 N–H and O–H groups in total. The van der Waals surface area contributed by atoms with Gasteiger partial charge in [0.05, 0.1) is 41.8 Å². The van der Waals surface area contributed by atoms with Crippen molar-refractivity contribution in [1.29, 1.82) is 5.26 Å². The first-order valence-electron chi connectivity index (χ1n) is 19.6. The molecule has 15 nitrogen and oxygen atoms in total. The maximum atomic E-state index is 13.4. The Balaban J connectivity index is 0.771. The molecule has 3 fully saturated rings. The number of aromatic nitrogens is 1. The fourth-order valence-electron chi connectivity index (χ4n) is 8.49. The molecule has 3 aromatic rings. The fraction of sp³-hybridized carbons (Fsp3) is 0.429. The predicted molar refractivity (Wildman–Crippen MR) is 205 cm³/mol. The number of piperidine rings is 1. The Hall–Kier alpha value is -6.14. The summed E-state index contributed by atoms with van der Waals surface area (Å²) in [6.07, 6.45) is 5.55. The number of imide groups is 2. The van der Waals surface area contributed by atoms with Gasteiger partial charge >= 0.3 is 0 Å². The van der Waals surface area contributed by atoms with Crippen molar-refractivity contribution in [3.63, 3.8) is 0 Å². The third kappa shape index (κ3) is 7.82. The first-order chi connectivity index (χ1) is 27.5. The molecule has 57 heavy (non-hydrogen) atoms. The lowest BCUT2D eigenvalue weighted by molar-refractivity contribution is -0.136. The highest BCUT2D eigenvalue weighted by molar-refractivity contribution is 6.23. The third-order valence-electron chi connectivity index (χ3n) is 11.8. The molecular weight excluding hydrogens is 729 g/mol. The van der Waals surface area contributed by atoms with Crippen LogP contribution in [0.1, 0.15) is 91.9 Å². The number of nitrogens with zero attached hydrogens (tertiary/aromatic N) is 6. The molecular formula is C42H44N8O7. The molecule has 2 aromatic carbocycles. The van der Waals surface area contributed by atoms with E-state index in [0.29, 0.717) is 51.3 Å². The van der Waals surface area contributed by atoms with Gasteiger partial charge in [-0.1, -0.05) is 6.07 Å². The van der Waals surface area contributed by atoms with Gasteiger partial charge in [0.25, 0.3) is 17.7 Å². The smallest absolute Gasteiger partial charge is 0.262 e. The van der Waals surface area contributed by atoms with Crippen molar-refractivity contribution >= 4 is 41.3 Å². The number of pyridine rings is 1. The van der Waals surface area contributed by atoms with Crippen LogP contribution in [0.3, 0.4) is 0 Å². The zero-order valence-electron chi connectivity index (χ0n) is 31.8. The van der Waals surface area contributed by atoms with Crippen molar-refractivity contribution in [1.82, 2.24) is 30.3 Å². The molecule has 2 saturated heterocycles. The van der Waals surface area contributed by atoms with Crippen LogP contribution >= 0.6 is 0 Å². The molecule has 1 saturated carbocycles. The minimum atomic E-state index is -1.02. The number of hydrogen-bond donors (Lipinski definition) is 2. The number of nitrogens with one attached hydrogen (secondary N) is 2. The number of hydrogen-bond acceptors (Lipinski definition) is 11. The van der Waals surface area contributed by atoms with Gasteiger partial charge in [0.1, 0.15) is 17.6 Å². The Morgan fingerprint density at radius 1 is 0.912 bits per heavy atom. The van der Waals surface area contributed by atoms with Crippen LogP contribution < -0.4 is 20.3 Å². The molecule has 0 radical (unpaired) electrons. The van der Waals surface area contributed by atoms with Gasteiger partial charge in [-0.15, -0.1) is 0 Å². The summed E-state index contributed by atoms with van der Waals surface area (Å²) in [6, 6.07) is 14.1. The predicted octanol–water partition coefficient (Wildman–Crippen LogP) is 2.64. The SMILES string of the molecule is Cc1cc(OC2CCC(NC(=O)c3ccc(N4CCN(CC(=O)N5Cc6cc7c(cc6C5)C(=O)N(C5CCC(=O)NC5=O)C7=O)CC4)nc3)CC2)ccc1CC#N. The molecule has 1 unspecified atom stereocenters. The number of carbonyl (C=O) groups is 6. The number of anilines is 1. The summed E-state index contributed by atoms with van der Waals surface area (Å²) in [4.78, 5) is 88.5. The maximum absolute atomic E-state index is 13.4. The Morgan fingerprint density at radius 2 is 1.61 bits per heavy atom. The minimum Gasteiger partial charge on any atom is -0.490 e. The summed E-state index contributed by atoms with van der Waals surface area (Å²) in [5, 5.41) is 14.4. The van der Waals surface area contributed by atoms with E-state index in [1.54, 1.807) is 29.3 Å². The van der Waals surface area contributed by atoms with Crippen molar-refractivity contribution in [2.24, 2.45) is 0 Å². The Bertz CT molecular complexity index is 2140. The number of carbonyl (C=O) groups excluding carboxylic acids is 6. The number of fused-ring (bicyclic) bond motifs is 2. The highest BCUT2D eigenvalue weighted by Crippen LogP contribution is 2.34. The quantitative estimate of drug-likeness (QED) is 0.305.